The second-order valence-corrected chi connectivity index (χ2v) is 6.30. The molecular formula is C16H27NO. The van der Waals surface area contributed by atoms with E-state index in [9.17, 15) is 0 Å². The molecule has 1 unspecified atom stereocenters. The van der Waals surface area contributed by atoms with Gasteiger partial charge in [0.25, 0.3) is 0 Å². The molecule has 0 heterocycles. The standard InChI is InChI=1S/C16H27NO/c1-13(17)12-14-8-5-6-9-15(14)18-11-7-10-16(2,3)4/h5-6,8-9,13H,7,10-12,17H2,1-4H3. The van der Waals surface area contributed by atoms with Crippen LogP contribution >= 0.6 is 0 Å². The van der Waals surface area contributed by atoms with Gasteiger partial charge in [-0.25, -0.2) is 0 Å². The average Bonchev–Trinajstić information content (AvgIpc) is 2.24. The second kappa shape index (κ2) is 6.79. The third kappa shape index (κ3) is 6.06. The summed E-state index contributed by atoms with van der Waals surface area (Å²) in [6.07, 6.45) is 3.15. The highest BCUT2D eigenvalue weighted by Crippen LogP contribution is 2.22. The fraction of sp³-hybridized carbons (Fsp3) is 0.625. The lowest BCUT2D eigenvalue weighted by Crippen LogP contribution is -2.18. The molecule has 2 nitrogen and oxygen atoms in total. The lowest BCUT2D eigenvalue weighted by molar-refractivity contribution is 0.267. The number of hydrogen-bond acceptors (Lipinski definition) is 2. The first-order valence-corrected chi connectivity index (χ1v) is 6.85. The molecule has 0 aliphatic carbocycles. The van der Waals surface area contributed by atoms with E-state index >= 15 is 0 Å². The van der Waals surface area contributed by atoms with Crippen LogP contribution in [0.5, 0.6) is 5.75 Å². The number of para-hydroxylation sites is 1. The zero-order valence-corrected chi connectivity index (χ0v) is 12.2. The van der Waals surface area contributed by atoms with Crippen molar-refractivity contribution in [2.24, 2.45) is 11.1 Å². The molecule has 1 aromatic carbocycles. The maximum atomic E-state index is 5.88. The van der Waals surface area contributed by atoms with Gasteiger partial charge in [-0.05, 0) is 43.2 Å². The van der Waals surface area contributed by atoms with E-state index in [-0.39, 0.29) is 6.04 Å². The molecule has 0 radical (unpaired) electrons. The summed E-state index contributed by atoms with van der Waals surface area (Å²) in [6, 6.07) is 8.37. The fourth-order valence-electron chi connectivity index (χ4n) is 1.94. The molecule has 2 N–H and O–H groups in total. The third-order valence-electron chi connectivity index (χ3n) is 2.84. The molecule has 2 heteroatoms. The van der Waals surface area contributed by atoms with Crippen molar-refractivity contribution in [3.8, 4) is 5.75 Å². The number of nitrogens with two attached hydrogens (primary N) is 1. The molecule has 0 spiro atoms. The van der Waals surface area contributed by atoms with Gasteiger partial charge < -0.3 is 10.5 Å². The quantitative estimate of drug-likeness (QED) is 0.779. The molecule has 0 aliphatic rings. The number of benzene rings is 1. The van der Waals surface area contributed by atoms with E-state index in [4.69, 9.17) is 10.5 Å². The van der Waals surface area contributed by atoms with Gasteiger partial charge in [-0.15, -0.1) is 0 Å². The molecule has 0 bridgehead atoms. The minimum Gasteiger partial charge on any atom is -0.493 e. The highest BCUT2D eigenvalue weighted by Gasteiger charge is 2.10. The molecule has 102 valence electrons. The Kier molecular flexibility index (Phi) is 5.67. The molecule has 0 fully saturated rings. The van der Waals surface area contributed by atoms with E-state index in [0.717, 1.165) is 25.2 Å². The zero-order valence-electron chi connectivity index (χ0n) is 12.2. The van der Waals surface area contributed by atoms with Crippen LogP contribution in [0.25, 0.3) is 0 Å². The Labute approximate surface area is 112 Å². The van der Waals surface area contributed by atoms with Gasteiger partial charge in [-0.3, -0.25) is 0 Å². The van der Waals surface area contributed by atoms with Crippen LogP contribution in [-0.4, -0.2) is 12.6 Å². The number of rotatable bonds is 6. The number of ether oxygens (including phenoxy) is 1. The van der Waals surface area contributed by atoms with Crippen LogP contribution < -0.4 is 10.5 Å². The van der Waals surface area contributed by atoms with Crippen LogP contribution in [0.4, 0.5) is 0 Å². The maximum Gasteiger partial charge on any atom is 0.122 e. The predicted molar refractivity (Wildman–Crippen MR) is 78.0 cm³/mol. The van der Waals surface area contributed by atoms with E-state index in [1.165, 1.54) is 12.0 Å². The summed E-state index contributed by atoms with van der Waals surface area (Å²) >= 11 is 0. The Morgan fingerprint density at radius 1 is 1.22 bits per heavy atom. The van der Waals surface area contributed by atoms with Crippen LogP contribution in [-0.2, 0) is 6.42 Å². The van der Waals surface area contributed by atoms with Crippen molar-refractivity contribution >= 4 is 0 Å². The minimum atomic E-state index is 0.171. The van der Waals surface area contributed by atoms with Crippen molar-refractivity contribution in [3.63, 3.8) is 0 Å². The highest BCUT2D eigenvalue weighted by molar-refractivity contribution is 5.33. The Morgan fingerprint density at radius 3 is 2.50 bits per heavy atom. The van der Waals surface area contributed by atoms with Crippen molar-refractivity contribution in [2.45, 2.75) is 53.0 Å². The van der Waals surface area contributed by atoms with Gasteiger partial charge in [-0.2, -0.15) is 0 Å². The Bertz CT molecular complexity index is 352. The molecule has 0 saturated heterocycles. The van der Waals surface area contributed by atoms with Crippen molar-refractivity contribution in [2.75, 3.05) is 6.61 Å². The summed E-state index contributed by atoms with van der Waals surface area (Å²) in [5, 5.41) is 0. The van der Waals surface area contributed by atoms with Crippen LogP contribution in [0.3, 0.4) is 0 Å². The van der Waals surface area contributed by atoms with E-state index in [2.05, 4.69) is 26.8 Å². The molecule has 0 aromatic heterocycles. The van der Waals surface area contributed by atoms with Crippen molar-refractivity contribution < 1.29 is 4.74 Å². The summed E-state index contributed by atoms with van der Waals surface area (Å²) < 4.78 is 5.88. The molecule has 0 aliphatic heterocycles. The molecule has 18 heavy (non-hydrogen) atoms. The minimum absolute atomic E-state index is 0.171. The van der Waals surface area contributed by atoms with Crippen molar-refractivity contribution in [1.29, 1.82) is 0 Å². The van der Waals surface area contributed by atoms with Crippen LogP contribution in [0, 0.1) is 5.41 Å². The first-order valence-electron chi connectivity index (χ1n) is 6.85. The Morgan fingerprint density at radius 2 is 1.89 bits per heavy atom. The maximum absolute atomic E-state index is 5.88. The Hall–Kier alpha value is -1.02. The first-order chi connectivity index (χ1) is 8.38. The van der Waals surface area contributed by atoms with Gasteiger partial charge in [0.05, 0.1) is 6.61 Å². The monoisotopic (exact) mass is 249 g/mol. The first kappa shape index (κ1) is 15.0. The summed E-state index contributed by atoms with van der Waals surface area (Å²) in [4.78, 5) is 0. The lowest BCUT2D eigenvalue weighted by atomic mass is 9.91. The average molecular weight is 249 g/mol. The molecule has 1 rings (SSSR count). The van der Waals surface area contributed by atoms with Gasteiger partial charge >= 0.3 is 0 Å². The van der Waals surface area contributed by atoms with Gasteiger partial charge in [0, 0.05) is 6.04 Å². The van der Waals surface area contributed by atoms with Gasteiger partial charge in [0.2, 0.25) is 0 Å². The smallest absolute Gasteiger partial charge is 0.122 e. The van der Waals surface area contributed by atoms with Gasteiger partial charge in [0.15, 0.2) is 0 Å². The van der Waals surface area contributed by atoms with Gasteiger partial charge in [-0.1, -0.05) is 39.0 Å². The van der Waals surface area contributed by atoms with Gasteiger partial charge in [0.1, 0.15) is 5.75 Å². The van der Waals surface area contributed by atoms with Crippen molar-refractivity contribution in [1.82, 2.24) is 0 Å². The van der Waals surface area contributed by atoms with Crippen LogP contribution in [0.2, 0.25) is 0 Å². The summed E-state index contributed by atoms with van der Waals surface area (Å²) in [5.74, 6) is 0.990. The topological polar surface area (TPSA) is 35.2 Å². The molecule has 0 saturated carbocycles. The molecule has 1 aromatic rings. The van der Waals surface area contributed by atoms with E-state index < -0.39 is 0 Å². The predicted octanol–water partition coefficient (Wildman–Crippen LogP) is 3.78. The van der Waals surface area contributed by atoms with E-state index in [0.29, 0.717) is 5.41 Å². The normalized spacial score (nSPS) is 13.4. The lowest BCUT2D eigenvalue weighted by Gasteiger charge is -2.18. The zero-order chi connectivity index (χ0) is 13.6. The summed E-state index contributed by atoms with van der Waals surface area (Å²) in [7, 11) is 0. The molecular weight excluding hydrogens is 222 g/mol. The highest BCUT2D eigenvalue weighted by atomic mass is 16.5. The van der Waals surface area contributed by atoms with E-state index in [1.807, 2.05) is 25.1 Å². The van der Waals surface area contributed by atoms with E-state index in [1.54, 1.807) is 0 Å². The fourth-order valence-corrected chi connectivity index (χ4v) is 1.94. The Balaban J connectivity index is 2.46. The summed E-state index contributed by atoms with van der Waals surface area (Å²) in [5.41, 5.74) is 7.44. The van der Waals surface area contributed by atoms with Crippen LogP contribution in [0.15, 0.2) is 24.3 Å². The summed E-state index contributed by atoms with van der Waals surface area (Å²) in [6.45, 7) is 9.59. The second-order valence-electron chi connectivity index (χ2n) is 6.30. The SMILES string of the molecule is CC(N)Cc1ccccc1OCCCC(C)(C)C. The van der Waals surface area contributed by atoms with Crippen LogP contribution in [0.1, 0.15) is 46.1 Å². The molecule has 0 amide bonds. The number of hydrogen-bond donors (Lipinski definition) is 1. The molecule has 1 atom stereocenters. The third-order valence-corrected chi connectivity index (χ3v) is 2.84. The van der Waals surface area contributed by atoms with Crippen molar-refractivity contribution in [3.05, 3.63) is 29.8 Å². The largest absolute Gasteiger partial charge is 0.493 e.